The zero-order chi connectivity index (χ0) is 12.5. The van der Waals surface area contributed by atoms with Gasteiger partial charge in [0.05, 0.1) is 6.61 Å². The van der Waals surface area contributed by atoms with Gasteiger partial charge in [0.2, 0.25) is 11.0 Å². The Morgan fingerprint density at radius 2 is 2.12 bits per heavy atom. The average molecular weight is 267 g/mol. The van der Waals surface area contributed by atoms with Gasteiger partial charge in [-0.2, -0.15) is 22.5 Å². The largest absolute Gasteiger partial charge is 0.452 e. The minimum absolute atomic E-state index is 0.0998. The van der Waals surface area contributed by atoms with Crippen LogP contribution in [-0.4, -0.2) is 33.7 Å². The third-order valence-corrected chi connectivity index (χ3v) is 3.52. The molecule has 0 aromatic carbocycles. The van der Waals surface area contributed by atoms with Crippen LogP contribution in [0.2, 0.25) is 0 Å². The number of nitrogens with zero attached hydrogens (tertiary/aromatic N) is 3. The zero-order valence-electron chi connectivity index (χ0n) is 8.94. The molecular formula is C9H12F3N3OS. The van der Waals surface area contributed by atoms with E-state index in [1.165, 1.54) is 0 Å². The minimum atomic E-state index is -4.50. The van der Waals surface area contributed by atoms with Crippen molar-refractivity contribution in [1.82, 2.24) is 9.36 Å². The van der Waals surface area contributed by atoms with Gasteiger partial charge >= 0.3 is 6.18 Å². The lowest BCUT2D eigenvalue weighted by atomic mass is 9.92. The van der Waals surface area contributed by atoms with Gasteiger partial charge < -0.3 is 10.0 Å². The topological polar surface area (TPSA) is 49.2 Å². The molecule has 1 heterocycles. The molecule has 0 bridgehead atoms. The number of aliphatic hydroxyl groups excluding tert-OH is 1. The van der Waals surface area contributed by atoms with E-state index >= 15 is 0 Å². The molecular weight excluding hydrogens is 255 g/mol. The second-order valence-corrected chi connectivity index (χ2v) is 4.63. The molecule has 1 aliphatic rings. The Balaban J connectivity index is 2.15. The zero-order valence-corrected chi connectivity index (χ0v) is 9.76. The van der Waals surface area contributed by atoms with Crippen LogP contribution in [0.3, 0.4) is 0 Å². The molecule has 4 nitrogen and oxygen atoms in total. The molecule has 96 valence electrons. The Hall–Kier alpha value is -0.890. The van der Waals surface area contributed by atoms with Crippen molar-refractivity contribution < 1.29 is 18.3 Å². The van der Waals surface area contributed by atoms with Crippen LogP contribution in [0.4, 0.5) is 18.3 Å². The summed E-state index contributed by atoms with van der Waals surface area (Å²) >= 11 is 0.736. The van der Waals surface area contributed by atoms with Crippen LogP contribution in [0, 0.1) is 0 Å². The third-order valence-electron chi connectivity index (χ3n) is 2.77. The molecule has 0 unspecified atom stereocenters. The van der Waals surface area contributed by atoms with Crippen LogP contribution < -0.4 is 4.90 Å². The molecule has 1 fully saturated rings. The first-order chi connectivity index (χ1) is 8.02. The van der Waals surface area contributed by atoms with Crippen molar-refractivity contribution in [1.29, 1.82) is 0 Å². The number of halogens is 3. The first-order valence-corrected chi connectivity index (χ1v) is 6.08. The van der Waals surface area contributed by atoms with Crippen molar-refractivity contribution >= 4 is 16.7 Å². The molecule has 17 heavy (non-hydrogen) atoms. The van der Waals surface area contributed by atoms with Crippen molar-refractivity contribution in [3.8, 4) is 0 Å². The Morgan fingerprint density at radius 3 is 2.53 bits per heavy atom. The fraction of sp³-hybridized carbons (Fsp3) is 0.778. The predicted molar refractivity (Wildman–Crippen MR) is 57.0 cm³/mol. The predicted octanol–water partition coefficient (Wildman–Crippen LogP) is 1.91. The second kappa shape index (κ2) is 4.77. The molecule has 0 atom stereocenters. The van der Waals surface area contributed by atoms with Crippen molar-refractivity contribution in [2.75, 3.05) is 18.1 Å². The van der Waals surface area contributed by atoms with Gasteiger partial charge in [-0.15, -0.1) is 0 Å². The van der Waals surface area contributed by atoms with Gasteiger partial charge in [0, 0.05) is 24.1 Å². The number of rotatable bonds is 4. The third kappa shape index (κ3) is 2.68. The summed E-state index contributed by atoms with van der Waals surface area (Å²) in [5, 5.41) is 9.17. The maximum absolute atomic E-state index is 12.4. The molecule has 0 amide bonds. The van der Waals surface area contributed by atoms with Crippen molar-refractivity contribution in [3.05, 3.63) is 5.82 Å². The van der Waals surface area contributed by atoms with Gasteiger partial charge in [0.1, 0.15) is 0 Å². The average Bonchev–Trinajstić information content (AvgIpc) is 2.61. The maximum Gasteiger partial charge on any atom is 0.452 e. The molecule has 1 saturated carbocycles. The number of hydrogen-bond acceptors (Lipinski definition) is 5. The van der Waals surface area contributed by atoms with Crippen LogP contribution in [0.5, 0.6) is 0 Å². The van der Waals surface area contributed by atoms with Crippen LogP contribution >= 0.6 is 11.5 Å². The molecule has 2 rings (SSSR count). The molecule has 1 aromatic rings. The number of alkyl halides is 3. The summed E-state index contributed by atoms with van der Waals surface area (Å²) < 4.78 is 40.4. The Kier molecular flexibility index (Phi) is 3.53. The van der Waals surface area contributed by atoms with Crippen LogP contribution in [0.15, 0.2) is 0 Å². The highest BCUT2D eigenvalue weighted by molar-refractivity contribution is 7.09. The number of anilines is 1. The van der Waals surface area contributed by atoms with Gasteiger partial charge in [0.25, 0.3) is 0 Å². The van der Waals surface area contributed by atoms with Gasteiger partial charge in [-0.3, -0.25) is 0 Å². The van der Waals surface area contributed by atoms with Crippen molar-refractivity contribution in [2.45, 2.75) is 31.5 Å². The number of aliphatic hydroxyl groups is 1. The summed E-state index contributed by atoms with van der Waals surface area (Å²) in [7, 11) is 0. The molecule has 1 aromatic heterocycles. The molecule has 0 radical (unpaired) electrons. The van der Waals surface area contributed by atoms with E-state index < -0.39 is 12.0 Å². The monoisotopic (exact) mass is 267 g/mol. The van der Waals surface area contributed by atoms with E-state index in [-0.39, 0.29) is 17.8 Å². The van der Waals surface area contributed by atoms with E-state index in [2.05, 4.69) is 9.36 Å². The normalized spacial score (nSPS) is 16.9. The Morgan fingerprint density at radius 1 is 1.41 bits per heavy atom. The summed E-state index contributed by atoms with van der Waals surface area (Å²) in [4.78, 5) is 5.22. The summed E-state index contributed by atoms with van der Waals surface area (Å²) in [5.74, 6) is -1.10. The fourth-order valence-electron chi connectivity index (χ4n) is 1.69. The smallest absolute Gasteiger partial charge is 0.395 e. The Labute approximate surface area is 100 Å². The molecule has 1 aliphatic carbocycles. The van der Waals surface area contributed by atoms with Crippen molar-refractivity contribution in [3.63, 3.8) is 0 Å². The van der Waals surface area contributed by atoms with E-state index in [4.69, 9.17) is 5.11 Å². The van der Waals surface area contributed by atoms with E-state index in [9.17, 15) is 13.2 Å². The highest BCUT2D eigenvalue weighted by Crippen LogP contribution is 2.34. The quantitative estimate of drug-likeness (QED) is 0.905. The first kappa shape index (κ1) is 12.6. The summed E-state index contributed by atoms with van der Waals surface area (Å²) in [6, 6.07) is 0.191. The fourth-order valence-corrected chi connectivity index (χ4v) is 2.47. The molecule has 0 saturated heterocycles. The lowest BCUT2D eigenvalue weighted by molar-refractivity contribution is -0.144. The number of hydrogen-bond donors (Lipinski definition) is 1. The highest BCUT2D eigenvalue weighted by atomic mass is 32.1. The molecule has 8 heteroatoms. The van der Waals surface area contributed by atoms with E-state index in [0.29, 0.717) is 6.54 Å². The lowest BCUT2D eigenvalue weighted by Crippen LogP contribution is -2.42. The lowest BCUT2D eigenvalue weighted by Gasteiger charge is -2.36. The summed E-state index contributed by atoms with van der Waals surface area (Å²) in [5.41, 5.74) is 0. The Bertz CT molecular complexity index is 378. The van der Waals surface area contributed by atoms with Crippen LogP contribution in [0.25, 0.3) is 0 Å². The summed E-state index contributed by atoms with van der Waals surface area (Å²) in [6.07, 6.45) is -1.57. The number of aromatic nitrogens is 2. The SMILES string of the molecule is OCCN(c1nc(C(F)(F)F)ns1)C1CCC1. The van der Waals surface area contributed by atoms with Crippen molar-refractivity contribution in [2.24, 2.45) is 0 Å². The van der Waals surface area contributed by atoms with E-state index in [0.717, 1.165) is 30.8 Å². The van der Waals surface area contributed by atoms with Gasteiger partial charge in [-0.25, -0.2) is 0 Å². The minimum Gasteiger partial charge on any atom is -0.395 e. The van der Waals surface area contributed by atoms with Crippen LogP contribution in [-0.2, 0) is 6.18 Å². The molecule has 0 spiro atoms. The van der Waals surface area contributed by atoms with Gasteiger partial charge in [0.15, 0.2) is 0 Å². The van der Waals surface area contributed by atoms with E-state index in [1.54, 1.807) is 4.90 Å². The maximum atomic E-state index is 12.4. The molecule has 1 N–H and O–H groups in total. The molecule has 0 aliphatic heterocycles. The van der Waals surface area contributed by atoms with Gasteiger partial charge in [-0.05, 0) is 19.3 Å². The first-order valence-electron chi connectivity index (χ1n) is 5.31. The van der Waals surface area contributed by atoms with Gasteiger partial charge in [-0.1, -0.05) is 0 Å². The van der Waals surface area contributed by atoms with E-state index in [1.807, 2.05) is 0 Å². The van der Waals surface area contributed by atoms with Crippen LogP contribution in [0.1, 0.15) is 25.1 Å². The highest BCUT2D eigenvalue weighted by Gasteiger charge is 2.37. The standard InChI is InChI=1S/C9H12F3N3OS/c10-9(11,12)7-13-8(17-14-7)15(4-5-16)6-2-1-3-6/h6,16H,1-5H2. The second-order valence-electron chi connectivity index (χ2n) is 3.90. The summed E-state index contributed by atoms with van der Waals surface area (Å²) in [6.45, 7) is 0.203.